The standard InChI is InChI=1S/C23H37N3O5S/c1-17(2)14-15-26(32(5,30)31)24-22(27)21(16-18(3)4)20(23(28)25-29)13-9-12-19-10-7-6-8-11-19/h6-12,17-18,20-21,29H,13-16H2,1-5H3,(H,24,27)(H,25,28)/b12-9+/t20-,21+/m0/s1. The van der Waals surface area contributed by atoms with Crippen LogP contribution in [0.4, 0.5) is 0 Å². The molecule has 1 aromatic rings. The lowest BCUT2D eigenvalue weighted by Crippen LogP contribution is -2.51. The van der Waals surface area contributed by atoms with E-state index in [1.54, 1.807) is 11.6 Å². The lowest BCUT2D eigenvalue weighted by molar-refractivity contribution is -0.141. The number of allylic oxidation sites excluding steroid dienone is 1. The van der Waals surface area contributed by atoms with Crippen LogP contribution in [0.5, 0.6) is 0 Å². The van der Waals surface area contributed by atoms with Gasteiger partial charge in [-0.25, -0.2) is 13.9 Å². The van der Waals surface area contributed by atoms with Crippen LogP contribution in [0.2, 0.25) is 0 Å². The Balaban J connectivity index is 3.12. The van der Waals surface area contributed by atoms with Crippen LogP contribution in [0.15, 0.2) is 36.4 Å². The van der Waals surface area contributed by atoms with Crippen molar-refractivity contribution < 1.29 is 23.2 Å². The first kappa shape index (κ1) is 27.8. The summed E-state index contributed by atoms with van der Waals surface area (Å²) in [4.78, 5) is 25.6. The van der Waals surface area contributed by atoms with Crippen molar-refractivity contribution >= 4 is 27.9 Å². The first-order chi connectivity index (χ1) is 15.0. The number of nitrogens with one attached hydrogen (secondary N) is 2. The Kier molecular flexibility index (Phi) is 11.6. The molecule has 0 aliphatic carbocycles. The van der Waals surface area contributed by atoms with Crippen LogP contribution in [-0.4, -0.2) is 42.7 Å². The van der Waals surface area contributed by atoms with Gasteiger partial charge in [0.25, 0.3) is 0 Å². The van der Waals surface area contributed by atoms with Crippen LogP contribution < -0.4 is 10.9 Å². The van der Waals surface area contributed by atoms with Crippen LogP contribution in [0.25, 0.3) is 6.08 Å². The van der Waals surface area contributed by atoms with Gasteiger partial charge in [0.05, 0.1) is 18.1 Å². The van der Waals surface area contributed by atoms with Crippen LogP contribution in [0.3, 0.4) is 0 Å². The molecule has 1 rings (SSSR count). The third kappa shape index (κ3) is 9.93. The molecule has 3 N–H and O–H groups in total. The van der Waals surface area contributed by atoms with Crippen molar-refractivity contribution in [1.29, 1.82) is 0 Å². The largest absolute Gasteiger partial charge is 0.289 e. The van der Waals surface area contributed by atoms with Crippen LogP contribution >= 0.6 is 0 Å². The minimum absolute atomic E-state index is 0.0696. The van der Waals surface area contributed by atoms with Gasteiger partial charge in [0, 0.05) is 6.54 Å². The average molecular weight is 468 g/mol. The zero-order valence-electron chi connectivity index (χ0n) is 19.6. The molecule has 8 nitrogen and oxygen atoms in total. The van der Waals surface area contributed by atoms with E-state index in [1.807, 2.05) is 64.1 Å². The van der Waals surface area contributed by atoms with E-state index >= 15 is 0 Å². The number of hydrazine groups is 1. The van der Waals surface area contributed by atoms with Gasteiger partial charge in [-0.05, 0) is 36.7 Å². The van der Waals surface area contributed by atoms with Crippen LogP contribution in [0, 0.1) is 23.7 Å². The summed E-state index contributed by atoms with van der Waals surface area (Å²) < 4.78 is 25.3. The predicted molar refractivity (Wildman–Crippen MR) is 126 cm³/mol. The molecule has 0 radical (unpaired) electrons. The molecule has 2 atom stereocenters. The highest BCUT2D eigenvalue weighted by molar-refractivity contribution is 7.88. The normalized spacial score (nSPS) is 14.2. The molecular weight excluding hydrogens is 430 g/mol. The Hall–Kier alpha value is -2.23. The molecule has 0 bridgehead atoms. The maximum Gasteiger partial charge on any atom is 0.247 e. The fourth-order valence-electron chi connectivity index (χ4n) is 3.30. The Morgan fingerprint density at radius 1 is 1.03 bits per heavy atom. The minimum atomic E-state index is -3.68. The van der Waals surface area contributed by atoms with Crippen molar-refractivity contribution in [2.75, 3.05) is 12.8 Å². The van der Waals surface area contributed by atoms with Gasteiger partial charge in [-0.15, -0.1) is 4.41 Å². The second-order valence-corrected chi connectivity index (χ2v) is 10.8. The molecule has 0 unspecified atom stereocenters. The Morgan fingerprint density at radius 3 is 2.16 bits per heavy atom. The van der Waals surface area contributed by atoms with Gasteiger partial charge in [-0.2, -0.15) is 0 Å². The number of hydrogen-bond donors (Lipinski definition) is 3. The number of hydrogen-bond acceptors (Lipinski definition) is 5. The number of rotatable bonds is 13. The molecule has 0 aromatic heterocycles. The van der Waals surface area contributed by atoms with Gasteiger partial charge >= 0.3 is 0 Å². The van der Waals surface area contributed by atoms with Crippen molar-refractivity contribution in [3.05, 3.63) is 42.0 Å². The second kappa shape index (κ2) is 13.3. The van der Waals surface area contributed by atoms with E-state index in [0.29, 0.717) is 12.8 Å². The summed E-state index contributed by atoms with van der Waals surface area (Å²) in [6, 6.07) is 9.51. The Bertz CT molecular complexity index is 854. The summed E-state index contributed by atoms with van der Waals surface area (Å²) in [6.45, 7) is 7.90. The van der Waals surface area contributed by atoms with Crippen molar-refractivity contribution in [2.45, 2.75) is 47.0 Å². The van der Waals surface area contributed by atoms with Gasteiger partial charge in [0.15, 0.2) is 0 Å². The molecule has 1 aromatic carbocycles. The molecule has 2 amide bonds. The first-order valence-corrected chi connectivity index (χ1v) is 12.7. The molecule has 9 heteroatoms. The fourth-order valence-corrected chi connectivity index (χ4v) is 3.99. The quantitative estimate of drug-likeness (QED) is 0.304. The summed E-state index contributed by atoms with van der Waals surface area (Å²) in [5.74, 6) is -2.62. The van der Waals surface area contributed by atoms with Gasteiger partial charge in [0.2, 0.25) is 21.8 Å². The summed E-state index contributed by atoms with van der Waals surface area (Å²) in [5.41, 5.74) is 5.11. The zero-order chi connectivity index (χ0) is 24.3. The number of amides is 2. The van der Waals surface area contributed by atoms with E-state index in [9.17, 15) is 23.2 Å². The molecule has 180 valence electrons. The van der Waals surface area contributed by atoms with E-state index in [-0.39, 0.29) is 24.8 Å². The third-order valence-corrected chi connectivity index (χ3v) is 6.11. The second-order valence-electron chi connectivity index (χ2n) is 8.86. The Labute approximate surface area is 192 Å². The van der Waals surface area contributed by atoms with Crippen LogP contribution in [0.1, 0.15) is 52.5 Å². The molecular formula is C23H37N3O5S. The lowest BCUT2D eigenvalue weighted by Gasteiger charge is -2.29. The molecule has 0 fully saturated rings. The fraction of sp³-hybridized carbons (Fsp3) is 0.565. The van der Waals surface area contributed by atoms with E-state index in [0.717, 1.165) is 16.2 Å². The third-order valence-electron chi connectivity index (χ3n) is 5.04. The minimum Gasteiger partial charge on any atom is -0.289 e. The number of carbonyl (C=O) groups is 2. The smallest absolute Gasteiger partial charge is 0.247 e. The highest BCUT2D eigenvalue weighted by Crippen LogP contribution is 2.26. The van der Waals surface area contributed by atoms with Gasteiger partial charge in [-0.1, -0.05) is 70.2 Å². The molecule has 0 aliphatic heterocycles. The van der Waals surface area contributed by atoms with E-state index < -0.39 is 33.7 Å². The Morgan fingerprint density at radius 2 is 1.66 bits per heavy atom. The molecule has 0 heterocycles. The van der Waals surface area contributed by atoms with E-state index in [1.165, 1.54) is 0 Å². The van der Waals surface area contributed by atoms with Crippen molar-refractivity contribution in [1.82, 2.24) is 15.3 Å². The molecule has 0 aliphatic rings. The summed E-state index contributed by atoms with van der Waals surface area (Å²) in [6.07, 6.45) is 5.78. The zero-order valence-corrected chi connectivity index (χ0v) is 20.4. The number of nitrogens with zero attached hydrogens (tertiary/aromatic N) is 1. The topological polar surface area (TPSA) is 116 Å². The highest BCUT2D eigenvalue weighted by Gasteiger charge is 2.35. The summed E-state index contributed by atoms with van der Waals surface area (Å²) in [5, 5.41) is 9.28. The monoisotopic (exact) mass is 467 g/mol. The maximum absolute atomic E-state index is 13.2. The lowest BCUT2D eigenvalue weighted by atomic mass is 9.82. The predicted octanol–water partition coefficient (Wildman–Crippen LogP) is 3.21. The van der Waals surface area contributed by atoms with Gasteiger partial charge in [-0.3, -0.25) is 20.2 Å². The van der Waals surface area contributed by atoms with Crippen molar-refractivity contribution in [3.8, 4) is 0 Å². The number of benzene rings is 1. The SMILES string of the molecule is CC(C)CCN(NC(=O)[C@H](CC(C)C)[C@H](C/C=C/c1ccccc1)C(=O)NO)S(C)(=O)=O. The highest BCUT2D eigenvalue weighted by atomic mass is 32.2. The summed E-state index contributed by atoms with van der Waals surface area (Å²) in [7, 11) is -3.68. The van der Waals surface area contributed by atoms with Crippen molar-refractivity contribution in [2.24, 2.45) is 23.7 Å². The molecule has 32 heavy (non-hydrogen) atoms. The number of hydroxylamine groups is 1. The van der Waals surface area contributed by atoms with Gasteiger partial charge < -0.3 is 0 Å². The average Bonchev–Trinajstić information content (AvgIpc) is 2.71. The number of sulfonamides is 1. The maximum atomic E-state index is 13.2. The number of carbonyl (C=O) groups excluding carboxylic acids is 2. The van der Waals surface area contributed by atoms with Crippen LogP contribution in [-0.2, 0) is 19.6 Å². The molecule has 0 saturated heterocycles. The first-order valence-electron chi connectivity index (χ1n) is 10.9. The van der Waals surface area contributed by atoms with Crippen molar-refractivity contribution in [3.63, 3.8) is 0 Å². The molecule has 0 spiro atoms. The van der Waals surface area contributed by atoms with Gasteiger partial charge in [0.1, 0.15) is 0 Å². The molecule has 0 saturated carbocycles. The summed E-state index contributed by atoms with van der Waals surface area (Å²) >= 11 is 0. The van der Waals surface area contributed by atoms with E-state index in [4.69, 9.17) is 0 Å². The van der Waals surface area contributed by atoms with E-state index in [2.05, 4.69) is 5.43 Å².